The molecule has 0 N–H and O–H groups in total. The summed E-state index contributed by atoms with van der Waals surface area (Å²) in [6.07, 6.45) is 5.52. The van der Waals surface area contributed by atoms with Crippen LogP contribution < -0.4 is 0 Å². The number of benzene rings is 1. The number of sulfonamides is 1. The molecule has 0 heterocycles. The molecule has 1 amide bonds. The van der Waals surface area contributed by atoms with E-state index in [1.54, 1.807) is 17.0 Å². The molecule has 25 heavy (non-hydrogen) atoms. The highest BCUT2D eigenvalue weighted by molar-refractivity contribution is 9.10. The molecular weight excluding hydrogens is 404 g/mol. The summed E-state index contributed by atoms with van der Waals surface area (Å²) in [5, 5.41) is 0. The van der Waals surface area contributed by atoms with Gasteiger partial charge in [-0.05, 0) is 47.0 Å². The Balaban J connectivity index is 2.34. The second-order valence-electron chi connectivity index (χ2n) is 6.44. The van der Waals surface area contributed by atoms with E-state index in [1.165, 1.54) is 16.8 Å². The third-order valence-electron chi connectivity index (χ3n) is 4.95. The molecule has 2 rings (SSSR count). The zero-order valence-electron chi connectivity index (χ0n) is 15.2. The Labute approximate surface area is 159 Å². The number of rotatable bonds is 6. The molecule has 1 aliphatic rings. The smallest absolute Gasteiger partial charge is 0.255 e. The molecule has 1 aromatic rings. The fourth-order valence-corrected chi connectivity index (χ4v) is 5.27. The predicted octanol–water partition coefficient (Wildman–Crippen LogP) is 3.88. The monoisotopic (exact) mass is 430 g/mol. The van der Waals surface area contributed by atoms with Gasteiger partial charge in [0, 0.05) is 30.7 Å². The SMILES string of the molecule is CCN(CC)S(=O)(=O)c1ccc(Br)c(C(=O)N(C)C2CCCCC2)c1. The number of hydrogen-bond donors (Lipinski definition) is 0. The molecule has 0 atom stereocenters. The average molecular weight is 431 g/mol. The van der Waals surface area contributed by atoms with Crippen LogP contribution in [0.3, 0.4) is 0 Å². The first-order valence-electron chi connectivity index (χ1n) is 8.89. The number of halogens is 1. The summed E-state index contributed by atoms with van der Waals surface area (Å²) in [4.78, 5) is 14.9. The van der Waals surface area contributed by atoms with Crippen LogP contribution in [-0.2, 0) is 10.0 Å². The largest absolute Gasteiger partial charge is 0.339 e. The summed E-state index contributed by atoms with van der Waals surface area (Å²) in [6, 6.07) is 4.93. The van der Waals surface area contributed by atoms with Crippen molar-refractivity contribution in [2.24, 2.45) is 0 Å². The molecule has 0 radical (unpaired) electrons. The van der Waals surface area contributed by atoms with Gasteiger partial charge in [-0.3, -0.25) is 4.79 Å². The molecule has 5 nitrogen and oxygen atoms in total. The van der Waals surface area contributed by atoms with Gasteiger partial charge in [-0.25, -0.2) is 8.42 Å². The molecule has 0 bridgehead atoms. The van der Waals surface area contributed by atoms with Crippen LogP contribution in [0, 0.1) is 0 Å². The first-order chi connectivity index (χ1) is 11.8. The van der Waals surface area contributed by atoms with E-state index in [0.29, 0.717) is 23.1 Å². The van der Waals surface area contributed by atoms with E-state index in [4.69, 9.17) is 0 Å². The van der Waals surface area contributed by atoms with Crippen LogP contribution in [0.1, 0.15) is 56.3 Å². The topological polar surface area (TPSA) is 57.7 Å². The zero-order valence-corrected chi connectivity index (χ0v) is 17.6. The van der Waals surface area contributed by atoms with Crippen molar-refractivity contribution in [1.82, 2.24) is 9.21 Å². The first-order valence-corrected chi connectivity index (χ1v) is 11.1. The van der Waals surface area contributed by atoms with Crippen LogP contribution in [0.15, 0.2) is 27.6 Å². The van der Waals surface area contributed by atoms with Gasteiger partial charge in [-0.15, -0.1) is 0 Å². The zero-order chi connectivity index (χ0) is 18.6. The molecule has 0 unspecified atom stereocenters. The third kappa shape index (κ3) is 4.44. The van der Waals surface area contributed by atoms with Gasteiger partial charge in [0.1, 0.15) is 0 Å². The van der Waals surface area contributed by atoms with Crippen molar-refractivity contribution in [1.29, 1.82) is 0 Å². The molecule has 1 saturated carbocycles. The number of carbonyl (C=O) groups is 1. The Morgan fingerprint density at radius 3 is 2.32 bits per heavy atom. The van der Waals surface area contributed by atoms with Crippen molar-refractivity contribution in [2.75, 3.05) is 20.1 Å². The van der Waals surface area contributed by atoms with E-state index in [-0.39, 0.29) is 16.8 Å². The second kappa shape index (κ2) is 8.64. The molecule has 140 valence electrons. The lowest BCUT2D eigenvalue weighted by molar-refractivity contribution is 0.0695. The lowest BCUT2D eigenvalue weighted by atomic mass is 9.94. The van der Waals surface area contributed by atoms with E-state index in [1.807, 2.05) is 20.9 Å². The van der Waals surface area contributed by atoms with Crippen LogP contribution in [0.5, 0.6) is 0 Å². The van der Waals surface area contributed by atoms with Gasteiger partial charge in [0.05, 0.1) is 10.5 Å². The Kier molecular flexibility index (Phi) is 7.05. The summed E-state index contributed by atoms with van der Waals surface area (Å²) in [6.45, 7) is 4.42. The molecular formula is C18H27BrN2O3S. The van der Waals surface area contributed by atoms with Gasteiger partial charge in [-0.1, -0.05) is 33.1 Å². The normalized spacial score (nSPS) is 16.2. The van der Waals surface area contributed by atoms with E-state index in [2.05, 4.69) is 15.9 Å². The molecule has 0 spiro atoms. The maximum atomic E-state index is 12.9. The van der Waals surface area contributed by atoms with Crippen LogP contribution in [0.25, 0.3) is 0 Å². The van der Waals surface area contributed by atoms with Gasteiger partial charge >= 0.3 is 0 Å². The molecule has 0 aliphatic heterocycles. The Hall–Kier alpha value is -0.920. The molecule has 0 aromatic heterocycles. The molecule has 7 heteroatoms. The third-order valence-corrected chi connectivity index (χ3v) is 7.69. The van der Waals surface area contributed by atoms with Crippen molar-refractivity contribution in [3.63, 3.8) is 0 Å². The highest BCUT2D eigenvalue weighted by Crippen LogP contribution is 2.27. The first kappa shape index (κ1) is 20.4. The van der Waals surface area contributed by atoms with Crippen LogP contribution in [0.4, 0.5) is 0 Å². The number of carbonyl (C=O) groups excluding carboxylic acids is 1. The van der Waals surface area contributed by atoms with Gasteiger partial charge in [-0.2, -0.15) is 4.31 Å². The molecule has 1 aromatic carbocycles. The van der Waals surface area contributed by atoms with E-state index < -0.39 is 10.0 Å². The van der Waals surface area contributed by atoms with Gasteiger partial charge in [0.25, 0.3) is 5.91 Å². The minimum absolute atomic E-state index is 0.129. The van der Waals surface area contributed by atoms with Crippen LogP contribution in [0.2, 0.25) is 0 Å². The second-order valence-corrected chi connectivity index (χ2v) is 9.23. The molecule has 0 saturated heterocycles. The fraction of sp³-hybridized carbons (Fsp3) is 0.611. The predicted molar refractivity (Wildman–Crippen MR) is 103 cm³/mol. The Morgan fingerprint density at radius 1 is 1.16 bits per heavy atom. The molecule has 1 aliphatic carbocycles. The Bertz CT molecular complexity index is 711. The minimum Gasteiger partial charge on any atom is -0.339 e. The molecule has 1 fully saturated rings. The summed E-state index contributed by atoms with van der Waals surface area (Å²) < 4.78 is 27.5. The number of nitrogens with zero attached hydrogens (tertiary/aromatic N) is 2. The minimum atomic E-state index is -3.58. The van der Waals surface area contributed by atoms with Crippen LogP contribution in [-0.4, -0.2) is 49.7 Å². The lowest BCUT2D eigenvalue weighted by Gasteiger charge is -2.31. The van der Waals surface area contributed by atoms with Crippen molar-refractivity contribution in [3.8, 4) is 0 Å². The highest BCUT2D eigenvalue weighted by atomic mass is 79.9. The van der Waals surface area contributed by atoms with E-state index in [0.717, 1.165) is 25.7 Å². The maximum Gasteiger partial charge on any atom is 0.255 e. The summed E-state index contributed by atoms with van der Waals surface area (Å²) in [5.41, 5.74) is 0.404. The summed E-state index contributed by atoms with van der Waals surface area (Å²) in [7, 11) is -1.77. The van der Waals surface area contributed by atoms with Gasteiger partial charge in [0.2, 0.25) is 10.0 Å². The van der Waals surface area contributed by atoms with Crippen molar-refractivity contribution < 1.29 is 13.2 Å². The highest BCUT2D eigenvalue weighted by Gasteiger charge is 2.27. The quantitative estimate of drug-likeness (QED) is 0.687. The number of amides is 1. The summed E-state index contributed by atoms with van der Waals surface area (Å²) >= 11 is 3.41. The van der Waals surface area contributed by atoms with Crippen molar-refractivity contribution >= 4 is 31.9 Å². The van der Waals surface area contributed by atoms with Gasteiger partial charge < -0.3 is 4.90 Å². The fourth-order valence-electron chi connectivity index (χ4n) is 3.37. The van der Waals surface area contributed by atoms with Crippen molar-refractivity contribution in [3.05, 3.63) is 28.2 Å². The standard InChI is InChI=1S/C18H27BrN2O3S/c1-4-21(5-2)25(23,24)15-11-12-17(19)16(13-15)18(22)20(3)14-9-7-6-8-10-14/h11-14H,4-10H2,1-3H3. The Morgan fingerprint density at radius 2 is 1.76 bits per heavy atom. The number of hydrogen-bond acceptors (Lipinski definition) is 3. The maximum absolute atomic E-state index is 12.9. The van der Waals surface area contributed by atoms with Gasteiger partial charge in [0.15, 0.2) is 0 Å². The van der Waals surface area contributed by atoms with E-state index in [9.17, 15) is 13.2 Å². The van der Waals surface area contributed by atoms with Crippen LogP contribution >= 0.6 is 15.9 Å². The van der Waals surface area contributed by atoms with Crippen molar-refractivity contribution in [2.45, 2.75) is 56.9 Å². The summed E-state index contributed by atoms with van der Waals surface area (Å²) in [5.74, 6) is -0.129. The average Bonchev–Trinajstić information content (AvgIpc) is 2.62. The lowest BCUT2D eigenvalue weighted by Crippen LogP contribution is -2.38. The van der Waals surface area contributed by atoms with E-state index >= 15 is 0 Å².